The number of rotatable bonds is 3. The Morgan fingerprint density at radius 2 is 2.26 bits per heavy atom. The lowest BCUT2D eigenvalue weighted by molar-refractivity contribution is 0.0581. The Bertz CT molecular complexity index is 607. The Hall–Kier alpha value is -2.12. The molecule has 0 aromatic heterocycles. The van der Waals surface area contributed by atoms with Crippen molar-refractivity contribution in [3.8, 4) is 0 Å². The van der Waals surface area contributed by atoms with Crippen LogP contribution in [0.3, 0.4) is 0 Å². The van der Waals surface area contributed by atoms with Gasteiger partial charge in [-0.05, 0) is 24.6 Å². The highest BCUT2D eigenvalue weighted by molar-refractivity contribution is 5.98. The molecule has 2 heterocycles. The summed E-state index contributed by atoms with van der Waals surface area (Å²) >= 11 is 0. The van der Waals surface area contributed by atoms with E-state index in [-0.39, 0.29) is 24.6 Å². The minimum Gasteiger partial charge on any atom is -0.388 e. The molecule has 0 bridgehead atoms. The highest BCUT2D eigenvalue weighted by atomic mass is 16.5. The van der Waals surface area contributed by atoms with Crippen molar-refractivity contribution in [1.29, 1.82) is 0 Å². The van der Waals surface area contributed by atoms with E-state index in [1.807, 2.05) is 6.07 Å². The minimum atomic E-state index is -0.667. The standard InChI is InChI=1S/C16H21N3O4/c1-18(13-9-23-10-14(13)20)15(21)11-4-2-5-12(8-11)19-7-3-6-17-16(19)22/h2,4-5,8,13-14,20H,3,6-7,9-10H2,1H3,(H,17,22)/t13-,14-/m1/s1. The van der Waals surface area contributed by atoms with Crippen molar-refractivity contribution in [2.24, 2.45) is 0 Å². The van der Waals surface area contributed by atoms with Gasteiger partial charge in [0.15, 0.2) is 0 Å². The third-order valence-corrected chi connectivity index (χ3v) is 4.32. The predicted molar refractivity (Wildman–Crippen MR) is 84.5 cm³/mol. The van der Waals surface area contributed by atoms with Crippen molar-refractivity contribution in [2.45, 2.75) is 18.6 Å². The van der Waals surface area contributed by atoms with Crippen LogP contribution in [0.4, 0.5) is 10.5 Å². The lowest BCUT2D eigenvalue weighted by Gasteiger charge is -2.29. The second kappa shape index (κ2) is 6.55. The van der Waals surface area contributed by atoms with E-state index in [0.29, 0.717) is 30.9 Å². The lowest BCUT2D eigenvalue weighted by Crippen LogP contribution is -2.46. The molecule has 2 N–H and O–H groups in total. The normalized spacial score (nSPS) is 24.4. The van der Waals surface area contributed by atoms with Crippen molar-refractivity contribution in [1.82, 2.24) is 10.2 Å². The Balaban J connectivity index is 1.78. The average molecular weight is 319 g/mol. The molecular weight excluding hydrogens is 298 g/mol. The Kier molecular flexibility index (Phi) is 4.49. The van der Waals surface area contributed by atoms with Crippen LogP contribution in [0.5, 0.6) is 0 Å². The minimum absolute atomic E-state index is 0.145. The number of aliphatic hydroxyl groups excluding tert-OH is 1. The average Bonchev–Trinajstić information content (AvgIpc) is 3.00. The zero-order valence-corrected chi connectivity index (χ0v) is 13.1. The summed E-state index contributed by atoms with van der Waals surface area (Å²) in [5, 5.41) is 12.7. The third kappa shape index (κ3) is 3.16. The molecule has 0 aliphatic carbocycles. The summed E-state index contributed by atoms with van der Waals surface area (Å²) in [4.78, 5) is 27.7. The van der Waals surface area contributed by atoms with Crippen LogP contribution in [0, 0.1) is 0 Å². The second-order valence-corrected chi connectivity index (χ2v) is 5.88. The molecule has 2 fully saturated rings. The highest BCUT2D eigenvalue weighted by Gasteiger charge is 2.33. The van der Waals surface area contributed by atoms with Crippen LogP contribution in [0.25, 0.3) is 0 Å². The number of ether oxygens (including phenoxy) is 1. The molecule has 1 aromatic carbocycles. The number of urea groups is 1. The van der Waals surface area contributed by atoms with Crippen molar-refractivity contribution < 1.29 is 19.4 Å². The van der Waals surface area contributed by atoms with Gasteiger partial charge in [-0.3, -0.25) is 9.69 Å². The molecule has 2 aliphatic rings. The van der Waals surface area contributed by atoms with E-state index in [0.717, 1.165) is 6.42 Å². The summed E-state index contributed by atoms with van der Waals surface area (Å²) in [6.07, 6.45) is 0.204. The first-order valence-corrected chi connectivity index (χ1v) is 7.76. The van der Waals surface area contributed by atoms with Crippen LogP contribution in [0.1, 0.15) is 16.8 Å². The number of hydrogen-bond acceptors (Lipinski definition) is 4. The van der Waals surface area contributed by atoms with Gasteiger partial charge in [-0.1, -0.05) is 6.07 Å². The number of anilines is 1. The SMILES string of the molecule is CN(C(=O)c1cccc(N2CCCNC2=O)c1)[C@@H]1COC[C@H]1O. The van der Waals surface area contributed by atoms with Gasteiger partial charge >= 0.3 is 6.03 Å². The van der Waals surface area contributed by atoms with E-state index in [1.54, 1.807) is 30.1 Å². The fourth-order valence-electron chi connectivity index (χ4n) is 2.94. The van der Waals surface area contributed by atoms with Crippen LogP contribution >= 0.6 is 0 Å². The molecule has 2 saturated heterocycles. The van der Waals surface area contributed by atoms with Gasteiger partial charge in [0.2, 0.25) is 0 Å². The number of likely N-dealkylation sites (N-methyl/N-ethyl adjacent to an activating group) is 1. The monoisotopic (exact) mass is 319 g/mol. The zero-order valence-electron chi connectivity index (χ0n) is 13.1. The van der Waals surface area contributed by atoms with Crippen molar-refractivity contribution in [3.63, 3.8) is 0 Å². The molecule has 2 aliphatic heterocycles. The predicted octanol–water partition coefficient (Wildman–Crippen LogP) is 0.438. The Labute approximate surface area is 134 Å². The molecule has 2 atom stereocenters. The summed E-state index contributed by atoms with van der Waals surface area (Å²) in [5.41, 5.74) is 1.19. The summed E-state index contributed by atoms with van der Waals surface area (Å²) in [6, 6.07) is 6.52. The van der Waals surface area contributed by atoms with Crippen LogP contribution < -0.4 is 10.2 Å². The number of carbonyl (C=O) groups excluding carboxylic acids is 2. The molecule has 3 rings (SSSR count). The summed E-state index contributed by atoms with van der Waals surface area (Å²) < 4.78 is 5.20. The van der Waals surface area contributed by atoms with Crippen LogP contribution in [0.15, 0.2) is 24.3 Å². The van der Waals surface area contributed by atoms with Gasteiger partial charge in [0.05, 0.1) is 25.4 Å². The van der Waals surface area contributed by atoms with E-state index in [9.17, 15) is 14.7 Å². The molecule has 1 aromatic rings. The first kappa shape index (κ1) is 15.8. The number of amides is 3. The molecule has 0 spiro atoms. The topological polar surface area (TPSA) is 82.1 Å². The van der Waals surface area contributed by atoms with Crippen LogP contribution in [0.2, 0.25) is 0 Å². The molecular formula is C16H21N3O4. The number of nitrogens with zero attached hydrogens (tertiary/aromatic N) is 2. The van der Waals surface area contributed by atoms with Crippen molar-refractivity contribution >= 4 is 17.6 Å². The summed E-state index contributed by atoms with van der Waals surface area (Å²) in [6.45, 7) is 1.89. The summed E-state index contributed by atoms with van der Waals surface area (Å²) in [7, 11) is 1.66. The second-order valence-electron chi connectivity index (χ2n) is 5.88. The fourth-order valence-corrected chi connectivity index (χ4v) is 2.94. The maximum atomic E-state index is 12.6. The lowest BCUT2D eigenvalue weighted by atomic mass is 10.1. The van der Waals surface area contributed by atoms with Gasteiger partial charge in [0.1, 0.15) is 0 Å². The van der Waals surface area contributed by atoms with E-state index >= 15 is 0 Å². The van der Waals surface area contributed by atoms with Gasteiger partial charge in [0.25, 0.3) is 5.91 Å². The fraction of sp³-hybridized carbons (Fsp3) is 0.500. The maximum absolute atomic E-state index is 12.6. The largest absolute Gasteiger partial charge is 0.388 e. The Morgan fingerprint density at radius 1 is 1.43 bits per heavy atom. The number of carbonyl (C=O) groups is 2. The van der Waals surface area contributed by atoms with Crippen molar-refractivity contribution in [2.75, 3.05) is 38.3 Å². The van der Waals surface area contributed by atoms with Crippen molar-refractivity contribution in [3.05, 3.63) is 29.8 Å². The first-order valence-electron chi connectivity index (χ1n) is 7.76. The number of aliphatic hydroxyl groups is 1. The molecule has 124 valence electrons. The zero-order chi connectivity index (χ0) is 16.4. The van der Waals surface area contributed by atoms with Crippen LogP contribution in [-0.4, -0.2) is 67.4 Å². The maximum Gasteiger partial charge on any atom is 0.321 e. The molecule has 0 saturated carbocycles. The van der Waals surface area contributed by atoms with E-state index in [2.05, 4.69) is 5.32 Å². The Morgan fingerprint density at radius 3 is 2.96 bits per heavy atom. The number of benzene rings is 1. The first-order chi connectivity index (χ1) is 11.1. The molecule has 7 heteroatoms. The molecule has 3 amide bonds. The van der Waals surface area contributed by atoms with Gasteiger partial charge in [-0.15, -0.1) is 0 Å². The van der Waals surface area contributed by atoms with Crippen LogP contribution in [-0.2, 0) is 4.74 Å². The quantitative estimate of drug-likeness (QED) is 0.847. The van der Waals surface area contributed by atoms with E-state index < -0.39 is 6.10 Å². The molecule has 0 radical (unpaired) electrons. The molecule has 7 nitrogen and oxygen atoms in total. The van der Waals surface area contributed by atoms with Gasteiger partial charge in [-0.25, -0.2) is 4.79 Å². The van der Waals surface area contributed by atoms with E-state index in [1.165, 1.54) is 4.90 Å². The van der Waals surface area contributed by atoms with Gasteiger partial charge in [-0.2, -0.15) is 0 Å². The van der Waals surface area contributed by atoms with E-state index in [4.69, 9.17) is 4.74 Å². The van der Waals surface area contributed by atoms with Gasteiger partial charge in [0, 0.05) is 31.4 Å². The molecule has 23 heavy (non-hydrogen) atoms. The highest BCUT2D eigenvalue weighted by Crippen LogP contribution is 2.21. The number of nitrogens with one attached hydrogen (secondary N) is 1. The number of hydrogen-bond donors (Lipinski definition) is 2. The van der Waals surface area contributed by atoms with Gasteiger partial charge < -0.3 is 20.1 Å². The smallest absolute Gasteiger partial charge is 0.321 e. The summed E-state index contributed by atoms with van der Waals surface area (Å²) in [5.74, 6) is -0.196. The third-order valence-electron chi connectivity index (χ3n) is 4.32. The molecule has 0 unspecified atom stereocenters.